The van der Waals surface area contributed by atoms with Crippen LogP contribution in [0.4, 0.5) is 0 Å². The lowest BCUT2D eigenvalue weighted by molar-refractivity contribution is 0.0925. The van der Waals surface area contributed by atoms with E-state index in [-0.39, 0.29) is 11.9 Å². The van der Waals surface area contributed by atoms with Crippen molar-refractivity contribution < 1.29 is 4.79 Å². The van der Waals surface area contributed by atoms with Gasteiger partial charge in [0.25, 0.3) is 5.91 Å². The van der Waals surface area contributed by atoms with Crippen molar-refractivity contribution in [3.8, 4) is 0 Å². The fourth-order valence-electron chi connectivity index (χ4n) is 2.52. The van der Waals surface area contributed by atoms with Gasteiger partial charge in [0.05, 0.1) is 0 Å². The second-order valence-corrected chi connectivity index (χ2v) is 4.72. The van der Waals surface area contributed by atoms with Gasteiger partial charge in [-0.15, -0.1) is 0 Å². The van der Waals surface area contributed by atoms with Crippen LogP contribution in [-0.2, 0) is 12.8 Å². The van der Waals surface area contributed by atoms with Gasteiger partial charge in [0.15, 0.2) is 0 Å². The molecule has 1 aliphatic heterocycles. The molecule has 2 nitrogen and oxygen atoms in total. The van der Waals surface area contributed by atoms with Gasteiger partial charge >= 0.3 is 0 Å². The van der Waals surface area contributed by atoms with E-state index in [1.54, 1.807) is 0 Å². The molecule has 18 heavy (non-hydrogen) atoms. The molecule has 2 heteroatoms. The Morgan fingerprint density at radius 2 is 1.72 bits per heavy atom. The van der Waals surface area contributed by atoms with Gasteiger partial charge in [-0.25, -0.2) is 0 Å². The van der Waals surface area contributed by atoms with E-state index in [1.165, 1.54) is 5.56 Å². The smallest absolute Gasteiger partial charge is 0.251 e. The number of carbonyl (C=O) groups is 1. The van der Waals surface area contributed by atoms with Crippen LogP contribution in [-0.4, -0.2) is 11.9 Å². The Kier molecular flexibility index (Phi) is 2.85. The van der Waals surface area contributed by atoms with E-state index in [9.17, 15) is 4.79 Å². The van der Waals surface area contributed by atoms with Crippen LogP contribution in [0.25, 0.3) is 0 Å². The molecule has 90 valence electrons. The molecule has 0 bridgehead atoms. The van der Waals surface area contributed by atoms with Crippen molar-refractivity contribution >= 4 is 5.91 Å². The molecule has 2 aromatic carbocycles. The highest BCUT2D eigenvalue weighted by molar-refractivity contribution is 5.97. The first-order valence-corrected chi connectivity index (χ1v) is 6.25. The normalized spacial score (nSPS) is 18.0. The highest BCUT2D eigenvalue weighted by Crippen LogP contribution is 2.18. The van der Waals surface area contributed by atoms with Crippen molar-refractivity contribution in [3.63, 3.8) is 0 Å². The molecule has 0 unspecified atom stereocenters. The van der Waals surface area contributed by atoms with Crippen LogP contribution < -0.4 is 5.32 Å². The predicted molar refractivity (Wildman–Crippen MR) is 71.5 cm³/mol. The third kappa shape index (κ3) is 2.14. The van der Waals surface area contributed by atoms with Crippen LogP contribution in [0.15, 0.2) is 54.6 Å². The van der Waals surface area contributed by atoms with Crippen LogP contribution in [0.5, 0.6) is 0 Å². The van der Waals surface area contributed by atoms with Crippen molar-refractivity contribution in [1.29, 1.82) is 0 Å². The quantitative estimate of drug-likeness (QED) is 0.854. The molecule has 0 saturated heterocycles. The van der Waals surface area contributed by atoms with Gasteiger partial charge in [0, 0.05) is 11.6 Å². The summed E-state index contributed by atoms with van der Waals surface area (Å²) < 4.78 is 0. The molecule has 1 heterocycles. The summed E-state index contributed by atoms with van der Waals surface area (Å²) in [6.07, 6.45) is 1.80. The van der Waals surface area contributed by atoms with E-state index in [1.807, 2.05) is 42.5 Å². The minimum atomic E-state index is 0.0535. The lowest BCUT2D eigenvalue weighted by atomic mass is 9.92. The molecule has 0 aliphatic carbocycles. The Hall–Kier alpha value is -2.09. The SMILES string of the molecule is O=C1N[C@H](Cc2ccccc2)Cc2ccccc21. The van der Waals surface area contributed by atoms with Crippen LogP contribution in [0.2, 0.25) is 0 Å². The second kappa shape index (κ2) is 4.65. The Morgan fingerprint density at radius 1 is 1.00 bits per heavy atom. The summed E-state index contributed by atoms with van der Waals surface area (Å²) in [5.41, 5.74) is 3.24. The molecule has 0 fully saturated rings. The Morgan fingerprint density at radius 3 is 2.56 bits per heavy atom. The average molecular weight is 237 g/mol. The maximum absolute atomic E-state index is 12.0. The number of carbonyl (C=O) groups excluding carboxylic acids is 1. The van der Waals surface area contributed by atoms with Gasteiger partial charge in [0.2, 0.25) is 0 Å². The summed E-state index contributed by atoms with van der Waals surface area (Å²) in [5.74, 6) is 0.0535. The topological polar surface area (TPSA) is 29.1 Å². The largest absolute Gasteiger partial charge is 0.349 e. The second-order valence-electron chi connectivity index (χ2n) is 4.72. The predicted octanol–water partition coefficient (Wildman–Crippen LogP) is 2.58. The molecule has 1 aliphatic rings. The van der Waals surface area contributed by atoms with Gasteiger partial charge < -0.3 is 5.32 Å². The number of nitrogens with one attached hydrogen (secondary N) is 1. The highest BCUT2D eigenvalue weighted by atomic mass is 16.1. The monoisotopic (exact) mass is 237 g/mol. The van der Waals surface area contributed by atoms with Crippen molar-refractivity contribution in [1.82, 2.24) is 5.32 Å². The minimum absolute atomic E-state index is 0.0535. The Labute approximate surface area is 107 Å². The fourth-order valence-corrected chi connectivity index (χ4v) is 2.52. The molecule has 3 rings (SSSR count). The molecule has 0 radical (unpaired) electrons. The summed E-state index contributed by atoms with van der Waals surface area (Å²) in [5, 5.41) is 3.08. The van der Waals surface area contributed by atoms with Gasteiger partial charge in [-0.2, -0.15) is 0 Å². The maximum Gasteiger partial charge on any atom is 0.251 e. The lowest BCUT2D eigenvalue weighted by Crippen LogP contribution is -2.42. The van der Waals surface area contributed by atoms with Gasteiger partial charge in [0.1, 0.15) is 0 Å². The van der Waals surface area contributed by atoms with Gasteiger partial charge in [-0.1, -0.05) is 48.5 Å². The number of fused-ring (bicyclic) bond motifs is 1. The summed E-state index contributed by atoms with van der Waals surface area (Å²) in [7, 11) is 0. The maximum atomic E-state index is 12.0. The third-order valence-electron chi connectivity index (χ3n) is 3.39. The molecule has 1 N–H and O–H groups in total. The van der Waals surface area contributed by atoms with E-state index >= 15 is 0 Å². The Bertz CT molecular complexity index is 562. The summed E-state index contributed by atoms with van der Waals surface area (Å²) in [4.78, 5) is 12.0. The van der Waals surface area contributed by atoms with E-state index < -0.39 is 0 Å². The van der Waals surface area contributed by atoms with E-state index in [4.69, 9.17) is 0 Å². The third-order valence-corrected chi connectivity index (χ3v) is 3.39. The first-order chi connectivity index (χ1) is 8.83. The first-order valence-electron chi connectivity index (χ1n) is 6.25. The summed E-state index contributed by atoms with van der Waals surface area (Å²) in [6.45, 7) is 0. The zero-order valence-electron chi connectivity index (χ0n) is 10.1. The van der Waals surface area contributed by atoms with Crippen molar-refractivity contribution in [2.75, 3.05) is 0 Å². The highest BCUT2D eigenvalue weighted by Gasteiger charge is 2.23. The van der Waals surface area contributed by atoms with E-state index in [0.29, 0.717) is 0 Å². The number of rotatable bonds is 2. The van der Waals surface area contributed by atoms with Crippen molar-refractivity contribution in [2.45, 2.75) is 18.9 Å². The van der Waals surface area contributed by atoms with Gasteiger partial charge in [-0.3, -0.25) is 4.79 Å². The molecule has 1 atom stereocenters. The van der Waals surface area contributed by atoms with Crippen molar-refractivity contribution in [2.24, 2.45) is 0 Å². The number of hydrogen-bond donors (Lipinski definition) is 1. The minimum Gasteiger partial charge on any atom is -0.349 e. The molecule has 2 aromatic rings. The molecule has 0 saturated carbocycles. The number of benzene rings is 2. The molecular formula is C16H15NO. The fraction of sp³-hybridized carbons (Fsp3) is 0.188. The van der Waals surface area contributed by atoms with Crippen LogP contribution in [0, 0.1) is 0 Å². The molecule has 1 amide bonds. The zero-order chi connectivity index (χ0) is 12.4. The molecule has 0 spiro atoms. The Balaban J connectivity index is 1.80. The molecular weight excluding hydrogens is 222 g/mol. The number of amides is 1. The number of hydrogen-bond acceptors (Lipinski definition) is 1. The summed E-state index contributed by atoms with van der Waals surface area (Å²) in [6, 6.07) is 18.3. The first kappa shape index (κ1) is 11.0. The lowest BCUT2D eigenvalue weighted by Gasteiger charge is -2.25. The van der Waals surface area contributed by atoms with Gasteiger partial charge in [-0.05, 0) is 30.0 Å². The average Bonchev–Trinajstić information content (AvgIpc) is 2.40. The van der Waals surface area contributed by atoms with Crippen LogP contribution in [0.1, 0.15) is 21.5 Å². The standard InChI is InChI=1S/C16H15NO/c18-16-15-9-5-4-8-13(15)11-14(17-16)10-12-6-2-1-3-7-12/h1-9,14H,10-11H2,(H,17,18)/t14-/m1/s1. The van der Waals surface area contributed by atoms with E-state index in [2.05, 4.69) is 17.4 Å². The van der Waals surface area contributed by atoms with Crippen LogP contribution >= 0.6 is 0 Å². The zero-order valence-corrected chi connectivity index (χ0v) is 10.1. The van der Waals surface area contributed by atoms with Crippen molar-refractivity contribution in [3.05, 3.63) is 71.3 Å². The van der Waals surface area contributed by atoms with E-state index in [0.717, 1.165) is 24.0 Å². The summed E-state index contributed by atoms with van der Waals surface area (Å²) >= 11 is 0. The van der Waals surface area contributed by atoms with Crippen LogP contribution in [0.3, 0.4) is 0 Å². The molecule has 0 aromatic heterocycles.